The number of nitrogens with one attached hydrogen (secondary N) is 2. The summed E-state index contributed by atoms with van der Waals surface area (Å²) in [4.78, 5) is 25.8. The molecule has 1 saturated heterocycles. The molecule has 2 aromatic rings. The van der Waals surface area contributed by atoms with E-state index in [0.717, 1.165) is 17.7 Å². The molecule has 1 fully saturated rings. The Labute approximate surface area is 180 Å². The van der Waals surface area contributed by atoms with Gasteiger partial charge in [-0.2, -0.15) is 4.31 Å². The van der Waals surface area contributed by atoms with E-state index in [1.54, 1.807) is 31.2 Å². The number of hydrogen-bond donors (Lipinski definition) is 2. The molecule has 158 valence electrons. The highest BCUT2D eigenvalue weighted by molar-refractivity contribution is 8.01. The summed E-state index contributed by atoms with van der Waals surface area (Å²) < 4.78 is 27.4. The first kappa shape index (κ1) is 20.9. The fraction of sp³-hybridized carbons (Fsp3) is 0.333. The van der Waals surface area contributed by atoms with Crippen molar-refractivity contribution in [2.24, 2.45) is 0 Å². The van der Waals surface area contributed by atoms with Gasteiger partial charge in [-0.1, -0.05) is 6.07 Å². The first-order chi connectivity index (χ1) is 14.3. The number of benzene rings is 2. The van der Waals surface area contributed by atoms with Gasteiger partial charge in [-0.3, -0.25) is 9.59 Å². The van der Waals surface area contributed by atoms with Gasteiger partial charge in [0.2, 0.25) is 15.9 Å². The SMILES string of the molecule is Cc1ccc(NC(=O)c2ccc3c(c2)NC(=O)[C@@H](C)S3)cc1S(=O)(=O)N1CCCC1. The Hall–Kier alpha value is -2.36. The number of fused-ring (bicyclic) bond motifs is 1. The lowest BCUT2D eigenvalue weighted by Gasteiger charge is -2.21. The Bertz CT molecular complexity index is 1130. The fourth-order valence-corrected chi connectivity index (χ4v) is 6.27. The van der Waals surface area contributed by atoms with Gasteiger partial charge in [0.1, 0.15) is 0 Å². The topological polar surface area (TPSA) is 95.6 Å². The van der Waals surface area contributed by atoms with Gasteiger partial charge in [0, 0.05) is 29.2 Å². The molecule has 0 saturated carbocycles. The first-order valence-corrected chi connectivity index (χ1v) is 12.1. The molecule has 0 unspecified atom stereocenters. The monoisotopic (exact) mass is 445 g/mol. The van der Waals surface area contributed by atoms with E-state index in [2.05, 4.69) is 10.6 Å². The average molecular weight is 446 g/mol. The van der Waals surface area contributed by atoms with Gasteiger partial charge in [0.15, 0.2) is 0 Å². The Kier molecular flexibility index (Phi) is 5.61. The number of aryl methyl sites for hydroxylation is 1. The highest BCUT2D eigenvalue weighted by Crippen LogP contribution is 2.36. The van der Waals surface area contributed by atoms with Gasteiger partial charge in [-0.25, -0.2) is 8.42 Å². The standard InChI is InChI=1S/C21H23N3O4S2/c1-13-5-7-16(12-19(13)30(27,28)24-9-3-4-10-24)22-21(26)15-6-8-18-17(11-15)23-20(25)14(2)29-18/h5-8,11-12,14H,3-4,9-10H2,1-2H3,(H,22,26)(H,23,25)/t14-/m1/s1. The Morgan fingerprint density at radius 1 is 1.17 bits per heavy atom. The van der Waals surface area contributed by atoms with Gasteiger partial charge in [0.05, 0.1) is 15.8 Å². The minimum absolute atomic E-state index is 0.0969. The molecule has 7 nitrogen and oxygen atoms in total. The Balaban J connectivity index is 1.57. The number of rotatable bonds is 4. The summed E-state index contributed by atoms with van der Waals surface area (Å²) in [5.41, 5.74) is 2.04. The summed E-state index contributed by atoms with van der Waals surface area (Å²) >= 11 is 1.45. The van der Waals surface area contributed by atoms with Crippen LogP contribution in [0.25, 0.3) is 0 Å². The van der Waals surface area contributed by atoms with Crippen LogP contribution in [0.1, 0.15) is 35.7 Å². The summed E-state index contributed by atoms with van der Waals surface area (Å²) in [5.74, 6) is -0.468. The summed E-state index contributed by atoms with van der Waals surface area (Å²) in [6, 6.07) is 10.0. The molecule has 2 amide bonds. The zero-order valence-electron chi connectivity index (χ0n) is 16.8. The normalized spacial score (nSPS) is 19.3. The van der Waals surface area contributed by atoms with Crippen LogP contribution in [0.4, 0.5) is 11.4 Å². The summed E-state index contributed by atoms with van der Waals surface area (Å²) in [6.45, 7) is 4.62. The molecule has 2 aromatic carbocycles. The van der Waals surface area contributed by atoms with E-state index in [-0.39, 0.29) is 22.0 Å². The minimum Gasteiger partial charge on any atom is -0.324 e. The van der Waals surface area contributed by atoms with Gasteiger partial charge < -0.3 is 10.6 Å². The fourth-order valence-electron chi connectivity index (χ4n) is 3.58. The molecule has 0 spiro atoms. The van der Waals surface area contributed by atoms with Crippen molar-refractivity contribution in [2.45, 2.75) is 41.7 Å². The number of carbonyl (C=O) groups excluding carboxylic acids is 2. The van der Waals surface area contributed by atoms with Crippen LogP contribution in [0.15, 0.2) is 46.2 Å². The highest BCUT2D eigenvalue weighted by atomic mass is 32.2. The maximum atomic E-state index is 13.0. The summed E-state index contributed by atoms with van der Waals surface area (Å²) in [5, 5.41) is 5.41. The van der Waals surface area contributed by atoms with Crippen LogP contribution in [-0.4, -0.2) is 42.9 Å². The second-order valence-electron chi connectivity index (χ2n) is 7.51. The van der Waals surface area contributed by atoms with Crippen LogP contribution >= 0.6 is 11.8 Å². The van der Waals surface area contributed by atoms with E-state index in [1.165, 1.54) is 22.1 Å². The number of amides is 2. The predicted octanol–water partition coefficient (Wildman–Crippen LogP) is 3.46. The highest BCUT2D eigenvalue weighted by Gasteiger charge is 2.29. The molecule has 2 heterocycles. The van der Waals surface area contributed by atoms with Crippen LogP contribution < -0.4 is 10.6 Å². The lowest BCUT2D eigenvalue weighted by Crippen LogP contribution is -2.28. The second-order valence-corrected chi connectivity index (χ2v) is 10.8. The van der Waals surface area contributed by atoms with E-state index in [9.17, 15) is 18.0 Å². The molecular weight excluding hydrogens is 422 g/mol. The molecule has 2 N–H and O–H groups in total. The molecular formula is C21H23N3O4S2. The number of nitrogens with zero attached hydrogens (tertiary/aromatic N) is 1. The third kappa shape index (κ3) is 3.97. The van der Waals surface area contributed by atoms with Crippen molar-refractivity contribution in [2.75, 3.05) is 23.7 Å². The molecule has 0 aliphatic carbocycles. The van der Waals surface area contributed by atoms with E-state index in [4.69, 9.17) is 0 Å². The van der Waals surface area contributed by atoms with Crippen LogP contribution in [0.5, 0.6) is 0 Å². The smallest absolute Gasteiger partial charge is 0.255 e. The zero-order chi connectivity index (χ0) is 21.5. The molecule has 0 radical (unpaired) electrons. The minimum atomic E-state index is -3.58. The molecule has 30 heavy (non-hydrogen) atoms. The van der Waals surface area contributed by atoms with Crippen LogP contribution in [0, 0.1) is 6.92 Å². The van der Waals surface area contributed by atoms with Crippen molar-refractivity contribution in [3.63, 3.8) is 0 Å². The largest absolute Gasteiger partial charge is 0.324 e. The van der Waals surface area contributed by atoms with Gasteiger partial charge in [0.25, 0.3) is 5.91 Å². The molecule has 2 aliphatic rings. The van der Waals surface area contributed by atoms with E-state index >= 15 is 0 Å². The van der Waals surface area contributed by atoms with Crippen LogP contribution in [0.3, 0.4) is 0 Å². The zero-order valence-corrected chi connectivity index (χ0v) is 18.4. The van der Waals surface area contributed by atoms with Crippen molar-refractivity contribution in [1.82, 2.24) is 4.31 Å². The van der Waals surface area contributed by atoms with Crippen LogP contribution in [-0.2, 0) is 14.8 Å². The summed E-state index contributed by atoms with van der Waals surface area (Å²) in [6.07, 6.45) is 1.72. The Morgan fingerprint density at radius 2 is 1.90 bits per heavy atom. The van der Waals surface area contributed by atoms with Gasteiger partial charge >= 0.3 is 0 Å². The van der Waals surface area contributed by atoms with Gasteiger partial charge in [-0.05, 0) is 62.6 Å². The van der Waals surface area contributed by atoms with E-state index < -0.39 is 10.0 Å². The molecule has 1 atom stereocenters. The Morgan fingerprint density at radius 3 is 2.63 bits per heavy atom. The maximum Gasteiger partial charge on any atom is 0.255 e. The van der Waals surface area contributed by atoms with Crippen molar-refractivity contribution >= 4 is 45.0 Å². The summed E-state index contributed by atoms with van der Waals surface area (Å²) in [7, 11) is -3.58. The van der Waals surface area contributed by atoms with E-state index in [1.807, 2.05) is 13.0 Å². The maximum absolute atomic E-state index is 13.0. The third-order valence-corrected chi connectivity index (χ3v) is 8.52. The number of hydrogen-bond acceptors (Lipinski definition) is 5. The van der Waals surface area contributed by atoms with Crippen LogP contribution in [0.2, 0.25) is 0 Å². The second kappa shape index (κ2) is 8.05. The number of sulfonamides is 1. The van der Waals surface area contributed by atoms with Crippen molar-refractivity contribution in [3.05, 3.63) is 47.5 Å². The van der Waals surface area contributed by atoms with Crippen molar-refractivity contribution in [1.29, 1.82) is 0 Å². The third-order valence-electron chi connectivity index (χ3n) is 5.30. The van der Waals surface area contributed by atoms with Crippen molar-refractivity contribution < 1.29 is 18.0 Å². The molecule has 0 aromatic heterocycles. The quantitative estimate of drug-likeness (QED) is 0.751. The first-order valence-electron chi connectivity index (χ1n) is 9.79. The number of carbonyl (C=O) groups is 2. The number of anilines is 2. The average Bonchev–Trinajstić information content (AvgIpc) is 3.25. The van der Waals surface area contributed by atoms with Crippen molar-refractivity contribution in [3.8, 4) is 0 Å². The van der Waals surface area contributed by atoms with Gasteiger partial charge in [-0.15, -0.1) is 11.8 Å². The number of thioether (sulfide) groups is 1. The predicted molar refractivity (Wildman–Crippen MR) is 118 cm³/mol. The molecule has 2 aliphatic heterocycles. The molecule has 4 rings (SSSR count). The lowest BCUT2D eigenvalue weighted by molar-refractivity contribution is -0.115. The lowest BCUT2D eigenvalue weighted by atomic mass is 10.1. The van der Waals surface area contributed by atoms with E-state index in [0.29, 0.717) is 35.6 Å². The molecule has 9 heteroatoms. The molecule has 0 bridgehead atoms.